The molecule has 1 unspecified atom stereocenters. The van der Waals surface area contributed by atoms with E-state index >= 15 is 0 Å². The molecule has 0 aliphatic rings. The first kappa shape index (κ1) is 14.9. The summed E-state index contributed by atoms with van der Waals surface area (Å²) in [6, 6.07) is 0.528. The molecule has 2 heteroatoms. The number of rotatable bonds is 8. The lowest BCUT2D eigenvalue weighted by atomic mass is 10.1. The molecule has 0 aliphatic heterocycles. The van der Waals surface area contributed by atoms with Gasteiger partial charge in [0.15, 0.2) is 0 Å². The van der Waals surface area contributed by atoms with Crippen molar-refractivity contribution in [3.8, 4) is 0 Å². The van der Waals surface area contributed by atoms with Crippen LogP contribution in [0.2, 0.25) is 0 Å². The van der Waals surface area contributed by atoms with Crippen LogP contribution in [0.15, 0.2) is 0 Å². The van der Waals surface area contributed by atoms with Crippen molar-refractivity contribution in [2.75, 3.05) is 13.2 Å². The molecular formula is C13H29NO. The van der Waals surface area contributed by atoms with E-state index in [2.05, 4.69) is 39.9 Å². The summed E-state index contributed by atoms with van der Waals surface area (Å²) in [5, 5.41) is 3.49. The van der Waals surface area contributed by atoms with Crippen molar-refractivity contribution >= 4 is 0 Å². The van der Waals surface area contributed by atoms with Crippen LogP contribution >= 0.6 is 0 Å². The van der Waals surface area contributed by atoms with Gasteiger partial charge in [0.25, 0.3) is 0 Å². The summed E-state index contributed by atoms with van der Waals surface area (Å²) in [4.78, 5) is 0. The minimum Gasteiger partial charge on any atom is -0.374 e. The second kappa shape index (κ2) is 8.12. The largest absolute Gasteiger partial charge is 0.374 e. The van der Waals surface area contributed by atoms with Crippen LogP contribution in [0.25, 0.3) is 0 Å². The van der Waals surface area contributed by atoms with E-state index in [0.29, 0.717) is 6.04 Å². The maximum absolute atomic E-state index is 5.81. The molecule has 0 spiro atoms. The second-order valence-electron chi connectivity index (χ2n) is 5.17. The zero-order valence-electron chi connectivity index (χ0n) is 11.2. The van der Waals surface area contributed by atoms with Gasteiger partial charge in [-0.2, -0.15) is 0 Å². The molecule has 0 bridgehead atoms. The van der Waals surface area contributed by atoms with Crippen LogP contribution in [0.5, 0.6) is 0 Å². The van der Waals surface area contributed by atoms with Crippen molar-refractivity contribution in [3.63, 3.8) is 0 Å². The molecular weight excluding hydrogens is 186 g/mol. The predicted molar refractivity (Wildman–Crippen MR) is 67.3 cm³/mol. The normalized spacial score (nSPS) is 14.2. The highest BCUT2D eigenvalue weighted by Gasteiger charge is 2.14. The van der Waals surface area contributed by atoms with E-state index in [1.807, 2.05) is 0 Å². The molecule has 2 nitrogen and oxygen atoms in total. The summed E-state index contributed by atoms with van der Waals surface area (Å²) in [5.74, 6) is 0. The van der Waals surface area contributed by atoms with Crippen molar-refractivity contribution in [3.05, 3.63) is 0 Å². The Balaban J connectivity index is 3.72. The van der Waals surface area contributed by atoms with Gasteiger partial charge in [-0.05, 0) is 33.7 Å². The topological polar surface area (TPSA) is 21.3 Å². The number of hydrogen-bond acceptors (Lipinski definition) is 2. The Morgan fingerprint density at radius 2 is 1.80 bits per heavy atom. The molecule has 0 heterocycles. The molecule has 0 aromatic rings. The lowest BCUT2D eigenvalue weighted by Crippen LogP contribution is -2.36. The Bertz CT molecular complexity index is 140. The fraction of sp³-hybridized carbons (Fsp3) is 1.00. The van der Waals surface area contributed by atoms with Crippen LogP contribution in [-0.2, 0) is 4.74 Å². The first-order chi connectivity index (χ1) is 6.99. The van der Waals surface area contributed by atoms with Gasteiger partial charge in [0, 0.05) is 6.04 Å². The van der Waals surface area contributed by atoms with Crippen molar-refractivity contribution in [1.29, 1.82) is 0 Å². The Morgan fingerprint density at radius 3 is 2.27 bits per heavy atom. The summed E-state index contributed by atoms with van der Waals surface area (Å²) in [5.41, 5.74) is -0.0154. The number of ether oxygens (including phenoxy) is 1. The molecule has 0 fully saturated rings. The smallest absolute Gasteiger partial charge is 0.0626 e. The van der Waals surface area contributed by atoms with Gasteiger partial charge in [-0.1, -0.05) is 33.1 Å². The fourth-order valence-electron chi connectivity index (χ4n) is 1.52. The van der Waals surface area contributed by atoms with Crippen LogP contribution < -0.4 is 5.32 Å². The molecule has 15 heavy (non-hydrogen) atoms. The summed E-state index contributed by atoms with van der Waals surface area (Å²) in [7, 11) is 0. The number of unbranched alkanes of at least 4 members (excludes halogenated alkanes) is 2. The van der Waals surface area contributed by atoms with Gasteiger partial charge in [0.2, 0.25) is 0 Å². The molecule has 0 saturated carbocycles. The monoisotopic (exact) mass is 215 g/mol. The Morgan fingerprint density at radius 1 is 1.13 bits per heavy atom. The molecule has 1 N–H and O–H groups in total. The van der Waals surface area contributed by atoms with Crippen LogP contribution in [-0.4, -0.2) is 24.8 Å². The van der Waals surface area contributed by atoms with E-state index in [-0.39, 0.29) is 5.60 Å². The van der Waals surface area contributed by atoms with E-state index in [4.69, 9.17) is 4.74 Å². The highest BCUT2D eigenvalue weighted by Crippen LogP contribution is 2.10. The Kier molecular flexibility index (Phi) is 8.07. The third-order valence-corrected chi connectivity index (χ3v) is 2.37. The van der Waals surface area contributed by atoms with Gasteiger partial charge in [-0.3, -0.25) is 0 Å². The van der Waals surface area contributed by atoms with Crippen LogP contribution in [0.3, 0.4) is 0 Å². The molecule has 0 aromatic carbocycles. The Labute approximate surface area is 95.8 Å². The van der Waals surface area contributed by atoms with E-state index < -0.39 is 0 Å². The minimum atomic E-state index is -0.0154. The van der Waals surface area contributed by atoms with Gasteiger partial charge in [0.05, 0.1) is 12.2 Å². The van der Waals surface area contributed by atoms with Gasteiger partial charge in [-0.25, -0.2) is 0 Å². The first-order valence-corrected chi connectivity index (χ1v) is 6.37. The fourth-order valence-corrected chi connectivity index (χ4v) is 1.52. The van der Waals surface area contributed by atoms with Crippen LogP contribution in [0.1, 0.15) is 60.3 Å². The van der Waals surface area contributed by atoms with Crippen molar-refractivity contribution < 1.29 is 4.74 Å². The Hall–Kier alpha value is -0.0800. The maximum atomic E-state index is 5.81. The summed E-state index contributed by atoms with van der Waals surface area (Å²) in [6.07, 6.45) is 5.16. The predicted octanol–water partition coefficient (Wildman–Crippen LogP) is 3.36. The van der Waals surface area contributed by atoms with E-state index in [9.17, 15) is 0 Å². The minimum absolute atomic E-state index is 0.0154. The molecule has 92 valence electrons. The number of likely N-dealkylation sites (N-methyl/N-ethyl adjacent to an activating group) is 1. The van der Waals surface area contributed by atoms with Crippen molar-refractivity contribution in [2.45, 2.75) is 71.9 Å². The van der Waals surface area contributed by atoms with E-state index in [1.165, 1.54) is 25.7 Å². The lowest BCUT2D eigenvalue weighted by molar-refractivity contribution is -0.0154. The van der Waals surface area contributed by atoms with Gasteiger partial charge in [0.1, 0.15) is 0 Å². The quantitative estimate of drug-likeness (QED) is 0.627. The van der Waals surface area contributed by atoms with Crippen molar-refractivity contribution in [1.82, 2.24) is 5.32 Å². The zero-order chi connectivity index (χ0) is 11.7. The molecule has 0 saturated heterocycles. The average Bonchev–Trinajstić information content (AvgIpc) is 2.13. The average molecular weight is 215 g/mol. The SMILES string of the molecule is CCCCCC(COC(C)(C)C)NCC. The molecule has 0 aliphatic carbocycles. The highest BCUT2D eigenvalue weighted by atomic mass is 16.5. The molecule has 0 amide bonds. The summed E-state index contributed by atoms with van der Waals surface area (Å²) in [6.45, 7) is 12.6. The van der Waals surface area contributed by atoms with Crippen molar-refractivity contribution in [2.24, 2.45) is 0 Å². The molecule has 0 aromatic heterocycles. The first-order valence-electron chi connectivity index (χ1n) is 6.37. The summed E-state index contributed by atoms with van der Waals surface area (Å²) < 4.78 is 5.81. The van der Waals surface area contributed by atoms with E-state index in [0.717, 1.165) is 13.2 Å². The van der Waals surface area contributed by atoms with Crippen LogP contribution in [0.4, 0.5) is 0 Å². The third kappa shape index (κ3) is 10.2. The lowest BCUT2D eigenvalue weighted by Gasteiger charge is -2.25. The second-order valence-corrected chi connectivity index (χ2v) is 5.17. The molecule has 0 radical (unpaired) electrons. The van der Waals surface area contributed by atoms with Crippen LogP contribution in [0, 0.1) is 0 Å². The summed E-state index contributed by atoms with van der Waals surface area (Å²) >= 11 is 0. The molecule has 0 rings (SSSR count). The van der Waals surface area contributed by atoms with Gasteiger partial charge >= 0.3 is 0 Å². The van der Waals surface area contributed by atoms with Gasteiger partial charge < -0.3 is 10.1 Å². The third-order valence-electron chi connectivity index (χ3n) is 2.37. The maximum Gasteiger partial charge on any atom is 0.0626 e. The standard InChI is InChI=1S/C13H29NO/c1-6-8-9-10-12(14-7-2)11-15-13(3,4)5/h12,14H,6-11H2,1-5H3. The molecule has 1 atom stereocenters. The number of hydrogen-bond donors (Lipinski definition) is 1. The van der Waals surface area contributed by atoms with Gasteiger partial charge in [-0.15, -0.1) is 0 Å². The highest BCUT2D eigenvalue weighted by molar-refractivity contribution is 4.68. The number of nitrogens with one attached hydrogen (secondary N) is 1. The van der Waals surface area contributed by atoms with E-state index in [1.54, 1.807) is 0 Å². The zero-order valence-corrected chi connectivity index (χ0v) is 11.2.